The summed E-state index contributed by atoms with van der Waals surface area (Å²) in [6, 6.07) is 4.92. The highest BCUT2D eigenvalue weighted by molar-refractivity contribution is 6.67. The molecule has 0 saturated heterocycles. The van der Waals surface area contributed by atoms with Crippen molar-refractivity contribution >= 4 is 27.9 Å². The minimum Gasteiger partial charge on any atom is -0.441 e. The molecule has 0 N–H and O–H groups in total. The number of hydrogen-bond donors (Lipinski definition) is 0. The molecule has 0 spiro atoms. The van der Waals surface area contributed by atoms with Gasteiger partial charge in [-0.1, -0.05) is 0 Å². The Balaban J connectivity index is 2.67. The zero-order valence-electron chi connectivity index (χ0n) is 6.87. The summed E-state index contributed by atoms with van der Waals surface area (Å²) in [4.78, 5) is 14.9. The lowest BCUT2D eigenvalue weighted by Crippen LogP contribution is -1.86. The number of benzene rings is 1. The SMILES string of the molecule is Cc1nc2ccc(C(=O)Cl)cc2o1. The maximum Gasteiger partial charge on any atom is 0.252 e. The van der Waals surface area contributed by atoms with Gasteiger partial charge in [0.05, 0.1) is 0 Å². The molecule has 66 valence electrons. The van der Waals surface area contributed by atoms with Crippen molar-refractivity contribution in [2.45, 2.75) is 6.92 Å². The maximum absolute atomic E-state index is 10.8. The molecular weight excluding hydrogens is 190 g/mol. The average molecular weight is 196 g/mol. The smallest absolute Gasteiger partial charge is 0.252 e. The molecule has 0 atom stereocenters. The van der Waals surface area contributed by atoms with Crippen molar-refractivity contribution in [1.29, 1.82) is 0 Å². The van der Waals surface area contributed by atoms with E-state index in [1.54, 1.807) is 25.1 Å². The number of aromatic nitrogens is 1. The minimum atomic E-state index is -0.490. The van der Waals surface area contributed by atoms with Gasteiger partial charge in [-0.25, -0.2) is 4.98 Å². The van der Waals surface area contributed by atoms with Crippen LogP contribution in [0.1, 0.15) is 16.2 Å². The Morgan fingerprint density at radius 3 is 3.00 bits per heavy atom. The molecule has 0 saturated carbocycles. The van der Waals surface area contributed by atoms with Gasteiger partial charge in [0.15, 0.2) is 11.5 Å². The van der Waals surface area contributed by atoms with E-state index in [-0.39, 0.29) is 0 Å². The van der Waals surface area contributed by atoms with Crippen molar-refractivity contribution in [2.24, 2.45) is 0 Å². The Morgan fingerprint density at radius 1 is 1.54 bits per heavy atom. The van der Waals surface area contributed by atoms with Crippen molar-refractivity contribution in [3.05, 3.63) is 29.7 Å². The quantitative estimate of drug-likeness (QED) is 0.657. The number of aryl methyl sites for hydroxylation is 1. The van der Waals surface area contributed by atoms with Crippen LogP contribution in [-0.2, 0) is 0 Å². The van der Waals surface area contributed by atoms with Crippen LogP contribution in [0.2, 0.25) is 0 Å². The summed E-state index contributed by atoms with van der Waals surface area (Å²) in [6.45, 7) is 1.75. The number of carbonyl (C=O) groups is 1. The van der Waals surface area contributed by atoms with Crippen LogP contribution in [0.3, 0.4) is 0 Å². The molecule has 2 aromatic rings. The summed E-state index contributed by atoms with van der Waals surface area (Å²) in [7, 11) is 0. The molecule has 0 fully saturated rings. The lowest BCUT2D eigenvalue weighted by Gasteiger charge is -1.90. The molecule has 4 heteroatoms. The molecule has 0 unspecified atom stereocenters. The normalized spacial score (nSPS) is 10.6. The van der Waals surface area contributed by atoms with E-state index in [9.17, 15) is 4.79 Å². The van der Waals surface area contributed by atoms with Crippen LogP contribution in [0.25, 0.3) is 11.1 Å². The number of nitrogens with zero attached hydrogens (tertiary/aromatic N) is 1. The molecule has 0 aliphatic heterocycles. The first kappa shape index (κ1) is 8.26. The van der Waals surface area contributed by atoms with Gasteiger partial charge in [0, 0.05) is 12.5 Å². The third-order valence-corrected chi connectivity index (χ3v) is 1.94. The first-order chi connectivity index (χ1) is 6.16. The summed E-state index contributed by atoms with van der Waals surface area (Å²) in [5.74, 6) is 0.578. The lowest BCUT2D eigenvalue weighted by atomic mass is 10.2. The van der Waals surface area contributed by atoms with E-state index < -0.39 is 5.24 Å². The summed E-state index contributed by atoms with van der Waals surface area (Å²) in [6.07, 6.45) is 0. The third-order valence-electron chi connectivity index (χ3n) is 1.72. The fourth-order valence-corrected chi connectivity index (χ4v) is 1.28. The van der Waals surface area contributed by atoms with Gasteiger partial charge in [-0.3, -0.25) is 4.79 Å². The van der Waals surface area contributed by atoms with Crippen molar-refractivity contribution in [3.8, 4) is 0 Å². The van der Waals surface area contributed by atoms with Crippen LogP contribution in [0.4, 0.5) is 0 Å². The fourth-order valence-electron chi connectivity index (χ4n) is 1.16. The van der Waals surface area contributed by atoms with Gasteiger partial charge in [0.1, 0.15) is 5.52 Å². The van der Waals surface area contributed by atoms with Crippen molar-refractivity contribution in [3.63, 3.8) is 0 Å². The van der Waals surface area contributed by atoms with Crippen LogP contribution >= 0.6 is 11.6 Å². The summed E-state index contributed by atoms with van der Waals surface area (Å²) in [5, 5.41) is -0.490. The first-order valence-corrected chi connectivity index (χ1v) is 4.11. The van der Waals surface area contributed by atoms with Crippen LogP contribution in [0.5, 0.6) is 0 Å². The van der Waals surface area contributed by atoms with Gasteiger partial charge in [-0.05, 0) is 29.8 Å². The van der Waals surface area contributed by atoms with E-state index in [0.717, 1.165) is 5.52 Å². The van der Waals surface area contributed by atoms with Crippen LogP contribution in [0.15, 0.2) is 22.6 Å². The number of fused-ring (bicyclic) bond motifs is 1. The molecule has 0 bridgehead atoms. The van der Waals surface area contributed by atoms with Crippen molar-refractivity contribution in [1.82, 2.24) is 4.98 Å². The summed E-state index contributed by atoms with van der Waals surface area (Å²) in [5.41, 5.74) is 1.74. The maximum atomic E-state index is 10.8. The van der Waals surface area contributed by atoms with Gasteiger partial charge in [0.2, 0.25) is 0 Å². The molecule has 1 aromatic heterocycles. The predicted octanol–water partition coefficient (Wildman–Crippen LogP) is 2.52. The number of oxazole rings is 1. The van der Waals surface area contributed by atoms with Crippen LogP contribution in [-0.4, -0.2) is 10.2 Å². The summed E-state index contributed by atoms with van der Waals surface area (Å²) < 4.78 is 5.24. The highest BCUT2D eigenvalue weighted by atomic mass is 35.5. The zero-order valence-corrected chi connectivity index (χ0v) is 7.63. The van der Waals surface area contributed by atoms with E-state index in [2.05, 4.69) is 4.98 Å². The van der Waals surface area contributed by atoms with Gasteiger partial charge >= 0.3 is 0 Å². The Bertz CT molecular complexity index is 475. The van der Waals surface area contributed by atoms with Gasteiger partial charge in [-0.15, -0.1) is 0 Å². The predicted molar refractivity (Wildman–Crippen MR) is 48.9 cm³/mol. The van der Waals surface area contributed by atoms with E-state index in [0.29, 0.717) is 17.0 Å². The average Bonchev–Trinajstić information content (AvgIpc) is 2.42. The highest BCUT2D eigenvalue weighted by Crippen LogP contribution is 2.17. The highest BCUT2D eigenvalue weighted by Gasteiger charge is 2.06. The van der Waals surface area contributed by atoms with Gasteiger partial charge < -0.3 is 4.42 Å². The number of halogens is 1. The Morgan fingerprint density at radius 2 is 2.31 bits per heavy atom. The molecule has 13 heavy (non-hydrogen) atoms. The molecule has 0 amide bonds. The van der Waals surface area contributed by atoms with Crippen molar-refractivity contribution < 1.29 is 9.21 Å². The fraction of sp³-hybridized carbons (Fsp3) is 0.111. The Kier molecular flexibility index (Phi) is 1.81. The van der Waals surface area contributed by atoms with Crippen LogP contribution in [0, 0.1) is 6.92 Å². The topological polar surface area (TPSA) is 43.1 Å². The standard InChI is InChI=1S/C9H6ClNO2/c1-5-11-7-3-2-6(9(10)12)4-8(7)13-5/h2-4H,1H3. The second-order valence-electron chi connectivity index (χ2n) is 2.69. The van der Waals surface area contributed by atoms with Crippen molar-refractivity contribution in [2.75, 3.05) is 0 Å². The molecule has 2 rings (SSSR count). The van der Waals surface area contributed by atoms with E-state index >= 15 is 0 Å². The second-order valence-corrected chi connectivity index (χ2v) is 3.03. The number of hydrogen-bond acceptors (Lipinski definition) is 3. The molecule has 0 aliphatic carbocycles. The van der Waals surface area contributed by atoms with E-state index in [4.69, 9.17) is 16.0 Å². The molecule has 0 aliphatic rings. The minimum absolute atomic E-state index is 0.422. The van der Waals surface area contributed by atoms with Gasteiger partial charge in [0.25, 0.3) is 5.24 Å². The lowest BCUT2D eigenvalue weighted by molar-refractivity contribution is 0.108. The largest absolute Gasteiger partial charge is 0.441 e. The Hall–Kier alpha value is -1.35. The molecule has 3 nitrogen and oxygen atoms in total. The van der Waals surface area contributed by atoms with E-state index in [1.165, 1.54) is 0 Å². The molecular formula is C9H6ClNO2. The molecule has 0 radical (unpaired) electrons. The van der Waals surface area contributed by atoms with Crippen LogP contribution < -0.4 is 0 Å². The third kappa shape index (κ3) is 1.42. The Labute approximate surface area is 79.3 Å². The molecule has 1 heterocycles. The van der Waals surface area contributed by atoms with E-state index in [1.807, 2.05) is 0 Å². The number of carbonyl (C=O) groups excluding carboxylic acids is 1. The second kappa shape index (κ2) is 2.85. The number of rotatable bonds is 1. The van der Waals surface area contributed by atoms with Gasteiger partial charge in [-0.2, -0.15) is 0 Å². The molecule has 1 aromatic carbocycles. The first-order valence-electron chi connectivity index (χ1n) is 3.74. The monoisotopic (exact) mass is 195 g/mol. The summed E-state index contributed by atoms with van der Waals surface area (Å²) >= 11 is 5.31. The zero-order chi connectivity index (χ0) is 9.42.